The number of nitrogens with zero attached hydrogens (tertiary/aromatic N) is 3. The smallest absolute Gasteiger partial charge is 0.0540 e. The van der Waals surface area contributed by atoms with Gasteiger partial charge in [-0.15, -0.1) is 71.8 Å². The summed E-state index contributed by atoms with van der Waals surface area (Å²) in [4.78, 5) is 11.2. The summed E-state index contributed by atoms with van der Waals surface area (Å²) in [5.41, 5.74) is 10.8. The van der Waals surface area contributed by atoms with Crippen molar-refractivity contribution in [2.75, 3.05) is 4.90 Å². The summed E-state index contributed by atoms with van der Waals surface area (Å²) < 4.78 is 40.0. The fourth-order valence-corrected chi connectivity index (χ4v) is 6.07. The van der Waals surface area contributed by atoms with Gasteiger partial charge in [0.15, 0.2) is 0 Å². The number of hydrogen-bond donors (Lipinski definition) is 0. The van der Waals surface area contributed by atoms with Crippen molar-refractivity contribution in [1.29, 1.82) is 0 Å². The van der Waals surface area contributed by atoms with Gasteiger partial charge in [-0.05, 0) is 64.9 Å². The van der Waals surface area contributed by atoms with E-state index in [1.54, 1.807) is 32.9 Å². The molecular weight excluding hydrogens is 787 g/mol. The molecule has 249 valence electrons. The van der Waals surface area contributed by atoms with E-state index < -0.39 is 18.6 Å². The van der Waals surface area contributed by atoms with Gasteiger partial charge in [0.05, 0.1) is 11.4 Å². The summed E-state index contributed by atoms with van der Waals surface area (Å²) in [5.74, 6) is 0. The van der Waals surface area contributed by atoms with Crippen LogP contribution in [0.15, 0.2) is 152 Å². The summed E-state index contributed by atoms with van der Waals surface area (Å²) in [5, 5.41) is 0. The summed E-state index contributed by atoms with van der Waals surface area (Å²) in [6.45, 7) is 2.85. The molecule has 0 unspecified atom stereocenters. The van der Waals surface area contributed by atoms with Gasteiger partial charge in [-0.3, -0.25) is 0 Å². The molecule has 0 saturated carbocycles. The molecule has 8 rings (SSSR count). The van der Waals surface area contributed by atoms with Gasteiger partial charge in [0, 0.05) is 56.2 Å². The fraction of sp³-hybridized carbons (Fsp3) is 0.130. The van der Waals surface area contributed by atoms with E-state index in [2.05, 4.69) is 112 Å². The molecule has 2 aromatic heterocycles. The molecule has 3 nitrogen and oxygen atoms in total. The van der Waals surface area contributed by atoms with E-state index >= 15 is 0 Å². The Hall–Kier alpha value is -5.15. The monoisotopic (exact) mass is 831 g/mol. The van der Waals surface area contributed by atoms with Crippen LogP contribution >= 0.6 is 0 Å². The van der Waals surface area contributed by atoms with Crippen molar-refractivity contribution in [3.05, 3.63) is 175 Å². The Balaban J connectivity index is 0.000000193. The number of rotatable bonds is 4. The van der Waals surface area contributed by atoms with Gasteiger partial charge in [0.1, 0.15) is 0 Å². The summed E-state index contributed by atoms with van der Waals surface area (Å²) in [6, 6.07) is 53.2. The van der Waals surface area contributed by atoms with Crippen LogP contribution in [0.4, 0.5) is 17.1 Å². The molecule has 0 atom stereocenters. The Labute approximate surface area is 317 Å². The van der Waals surface area contributed by atoms with Gasteiger partial charge in [-0.2, -0.15) is 0 Å². The SMILES string of the molecule is [2H]C([2H])([2H])c1cnc(-c2[c-]cccc2)cc1C([2H])([2H])C(C)(C)C.[Ir].[c-]1ccccc1-c1cc(N2c3ccccc3-c3ccccc3-c3ccccc32)ccn1. The van der Waals surface area contributed by atoms with Gasteiger partial charge < -0.3 is 14.9 Å². The van der Waals surface area contributed by atoms with E-state index in [-0.39, 0.29) is 31.2 Å². The molecule has 1 aliphatic rings. The van der Waals surface area contributed by atoms with Crippen LogP contribution in [0.1, 0.15) is 38.8 Å². The number of pyridine rings is 2. The van der Waals surface area contributed by atoms with Gasteiger partial charge in [-0.1, -0.05) is 99.1 Å². The molecule has 1 radical (unpaired) electrons. The van der Waals surface area contributed by atoms with Gasteiger partial charge in [0.2, 0.25) is 0 Å². The van der Waals surface area contributed by atoms with Gasteiger partial charge in [0.25, 0.3) is 0 Å². The third-order valence-corrected chi connectivity index (χ3v) is 8.18. The Bertz CT molecular complexity index is 2340. The Morgan fingerprint density at radius 1 is 0.640 bits per heavy atom. The molecule has 0 fully saturated rings. The summed E-state index contributed by atoms with van der Waals surface area (Å²) >= 11 is 0. The molecule has 0 bridgehead atoms. The molecule has 0 aliphatic carbocycles. The van der Waals surface area contributed by atoms with Gasteiger partial charge >= 0.3 is 0 Å². The zero-order valence-electron chi connectivity index (χ0n) is 33.1. The molecule has 0 spiro atoms. The second-order valence-electron chi connectivity index (χ2n) is 12.9. The molecule has 7 aromatic rings. The van der Waals surface area contributed by atoms with Crippen LogP contribution in [0.25, 0.3) is 44.8 Å². The second kappa shape index (κ2) is 15.2. The maximum atomic E-state index is 8.48. The first-order valence-electron chi connectivity index (χ1n) is 18.8. The van der Waals surface area contributed by atoms with Crippen molar-refractivity contribution in [3.8, 4) is 44.8 Å². The average Bonchev–Trinajstić information content (AvgIpc) is 3.31. The first kappa shape index (κ1) is 28.7. The number of benzene rings is 5. The molecule has 0 N–H and O–H groups in total. The molecule has 4 heteroatoms. The van der Waals surface area contributed by atoms with E-state index in [4.69, 9.17) is 6.85 Å². The van der Waals surface area contributed by atoms with Crippen LogP contribution in [0.5, 0.6) is 0 Å². The average molecular weight is 831 g/mol. The number of anilines is 3. The molecule has 1 aliphatic heterocycles. The Kier molecular flexibility index (Phi) is 8.70. The Morgan fingerprint density at radius 2 is 1.16 bits per heavy atom. The van der Waals surface area contributed by atoms with Crippen molar-refractivity contribution in [2.24, 2.45) is 5.41 Å². The standard InChI is InChI=1S/C29H19N2.C17H20N.Ir/c1-2-10-21(11-3-1)27-20-22(18-19-30-27)31-28-16-8-6-14-25(28)23-12-4-5-13-24(23)26-15-7-9-17-29(26)31;1-13-12-18-16(14-8-6-5-7-9-14)10-15(13)11-17(2,3)4;/h1-10,12-20H;5-8,10,12H,11H2,1-4H3;/q2*-1;/i;1D3,11D2;. The normalized spacial score (nSPS) is 13.5. The predicted molar refractivity (Wildman–Crippen MR) is 204 cm³/mol. The van der Waals surface area contributed by atoms with Crippen LogP contribution in [0.2, 0.25) is 0 Å². The van der Waals surface area contributed by atoms with E-state index in [0.29, 0.717) is 11.3 Å². The number of para-hydroxylation sites is 2. The Morgan fingerprint density at radius 3 is 1.68 bits per heavy atom. The maximum absolute atomic E-state index is 8.48. The van der Waals surface area contributed by atoms with Crippen molar-refractivity contribution in [1.82, 2.24) is 9.97 Å². The van der Waals surface area contributed by atoms with E-state index in [1.807, 2.05) is 48.7 Å². The minimum atomic E-state index is -2.42. The second-order valence-corrected chi connectivity index (χ2v) is 12.9. The van der Waals surface area contributed by atoms with E-state index in [1.165, 1.54) is 28.5 Å². The third kappa shape index (κ3) is 7.53. The minimum absolute atomic E-state index is 0. The van der Waals surface area contributed by atoms with Crippen molar-refractivity contribution in [2.45, 2.75) is 34.0 Å². The zero-order chi connectivity index (χ0) is 38.1. The van der Waals surface area contributed by atoms with Gasteiger partial charge in [-0.25, -0.2) is 0 Å². The number of hydrogen-bond acceptors (Lipinski definition) is 3. The summed E-state index contributed by atoms with van der Waals surface area (Å²) in [7, 11) is 0. The zero-order valence-corrected chi connectivity index (χ0v) is 30.5. The molecule has 3 heterocycles. The molecule has 5 aromatic carbocycles. The fourth-order valence-electron chi connectivity index (χ4n) is 6.07. The topological polar surface area (TPSA) is 29.0 Å². The quantitative estimate of drug-likeness (QED) is 0.165. The third-order valence-electron chi connectivity index (χ3n) is 8.18. The van der Waals surface area contributed by atoms with Crippen LogP contribution in [-0.4, -0.2) is 9.97 Å². The predicted octanol–water partition coefficient (Wildman–Crippen LogP) is 12.1. The van der Waals surface area contributed by atoms with Crippen molar-refractivity contribution >= 4 is 17.1 Å². The molecule has 0 amide bonds. The number of aromatic nitrogens is 2. The first-order valence-corrected chi connectivity index (χ1v) is 16.3. The minimum Gasteiger partial charge on any atom is -0.310 e. The van der Waals surface area contributed by atoms with E-state index in [0.717, 1.165) is 28.3 Å². The van der Waals surface area contributed by atoms with E-state index in [9.17, 15) is 0 Å². The number of fused-ring (bicyclic) bond motifs is 5. The largest absolute Gasteiger partial charge is 0.310 e. The maximum Gasteiger partial charge on any atom is 0.0540 e. The van der Waals surface area contributed by atoms with Crippen molar-refractivity contribution < 1.29 is 27.0 Å². The van der Waals surface area contributed by atoms with Crippen LogP contribution in [0.3, 0.4) is 0 Å². The number of aryl methyl sites for hydroxylation is 1. The summed E-state index contributed by atoms with van der Waals surface area (Å²) in [6.07, 6.45) is 1.33. The molecule has 50 heavy (non-hydrogen) atoms. The van der Waals surface area contributed by atoms with Crippen LogP contribution in [0, 0.1) is 24.4 Å². The first-order chi connectivity index (χ1) is 25.8. The van der Waals surface area contributed by atoms with Crippen LogP contribution in [-0.2, 0) is 26.5 Å². The molecule has 0 saturated heterocycles. The van der Waals surface area contributed by atoms with Crippen molar-refractivity contribution in [3.63, 3.8) is 0 Å². The molecular formula is C46H39IrN3-2. The van der Waals surface area contributed by atoms with Crippen LogP contribution < -0.4 is 4.90 Å².